The SMILES string of the molecule is CC1(NC(=O)c2nc[nH]c2C(=O)O)CCOCC1. The van der Waals surface area contributed by atoms with Crippen molar-refractivity contribution in [3.63, 3.8) is 0 Å². The van der Waals surface area contributed by atoms with Crippen LogP contribution in [0.1, 0.15) is 40.7 Å². The van der Waals surface area contributed by atoms with Gasteiger partial charge in [-0.1, -0.05) is 0 Å². The molecule has 1 saturated heterocycles. The Balaban J connectivity index is 2.11. The van der Waals surface area contributed by atoms with Crippen LogP contribution in [0.3, 0.4) is 0 Å². The van der Waals surface area contributed by atoms with Crippen molar-refractivity contribution in [2.45, 2.75) is 25.3 Å². The summed E-state index contributed by atoms with van der Waals surface area (Å²) in [6.07, 6.45) is 2.60. The van der Waals surface area contributed by atoms with E-state index >= 15 is 0 Å². The average Bonchev–Trinajstić information content (AvgIpc) is 2.78. The molecule has 98 valence electrons. The second kappa shape index (κ2) is 4.77. The minimum Gasteiger partial charge on any atom is -0.477 e. The quantitative estimate of drug-likeness (QED) is 0.723. The molecule has 2 rings (SSSR count). The summed E-state index contributed by atoms with van der Waals surface area (Å²) in [7, 11) is 0. The van der Waals surface area contributed by atoms with Crippen LogP contribution in [0, 0.1) is 0 Å². The number of carbonyl (C=O) groups excluding carboxylic acids is 1. The van der Waals surface area contributed by atoms with Crippen LogP contribution in [0.5, 0.6) is 0 Å². The number of aromatic carboxylic acids is 1. The number of carbonyl (C=O) groups is 2. The minimum atomic E-state index is -1.20. The Bertz CT molecular complexity index is 463. The maximum Gasteiger partial charge on any atom is 0.354 e. The normalized spacial score (nSPS) is 18.3. The van der Waals surface area contributed by atoms with E-state index in [1.807, 2.05) is 6.92 Å². The lowest BCUT2D eigenvalue weighted by molar-refractivity contribution is 0.0419. The summed E-state index contributed by atoms with van der Waals surface area (Å²) in [5.74, 6) is -1.67. The van der Waals surface area contributed by atoms with Crippen molar-refractivity contribution >= 4 is 11.9 Å². The van der Waals surface area contributed by atoms with Crippen molar-refractivity contribution in [1.82, 2.24) is 15.3 Å². The fourth-order valence-corrected chi connectivity index (χ4v) is 1.91. The molecule has 0 atom stereocenters. The third kappa shape index (κ3) is 2.51. The third-order valence-corrected chi connectivity index (χ3v) is 3.08. The van der Waals surface area contributed by atoms with E-state index in [2.05, 4.69) is 15.3 Å². The van der Waals surface area contributed by atoms with E-state index in [1.165, 1.54) is 6.33 Å². The fourth-order valence-electron chi connectivity index (χ4n) is 1.91. The first-order valence-electron chi connectivity index (χ1n) is 5.69. The smallest absolute Gasteiger partial charge is 0.354 e. The van der Waals surface area contributed by atoms with Gasteiger partial charge in [0, 0.05) is 18.8 Å². The van der Waals surface area contributed by atoms with Crippen LogP contribution in [0.25, 0.3) is 0 Å². The highest BCUT2D eigenvalue weighted by molar-refractivity contribution is 6.02. The lowest BCUT2D eigenvalue weighted by Gasteiger charge is -2.34. The van der Waals surface area contributed by atoms with Gasteiger partial charge < -0.3 is 20.1 Å². The number of rotatable bonds is 3. The van der Waals surface area contributed by atoms with Gasteiger partial charge in [0.25, 0.3) is 5.91 Å². The van der Waals surface area contributed by atoms with Crippen LogP contribution >= 0.6 is 0 Å². The van der Waals surface area contributed by atoms with Gasteiger partial charge in [-0.15, -0.1) is 0 Å². The van der Waals surface area contributed by atoms with Crippen LogP contribution in [-0.4, -0.2) is 45.7 Å². The molecule has 0 aliphatic carbocycles. The summed E-state index contributed by atoms with van der Waals surface area (Å²) >= 11 is 0. The van der Waals surface area contributed by atoms with E-state index in [1.54, 1.807) is 0 Å². The van der Waals surface area contributed by atoms with E-state index in [0.29, 0.717) is 26.1 Å². The molecule has 1 amide bonds. The number of H-pyrrole nitrogens is 1. The van der Waals surface area contributed by atoms with E-state index in [-0.39, 0.29) is 16.9 Å². The topological polar surface area (TPSA) is 104 Å². The molecule has 1 aliphatic heterocycles. The van der Waals surface area contributed by atoms with Crippen LogP contribution in [0.4, 0.5) is 0 Å². The second-order valence-corrected chi connectivity index (χ2v) is 4.56. The largest absolute Gasteiger partial charge is 0.477 e. The van der Waals surface area contributed by atoms with Gasteiger partial charge in [-0.2, -0.15) is 0 Å². The summed E-state index contributed by atoms with van der Waals surface area (Å²) < 4.78 is 5.23. The zero-order valence-corrected chi connectivity index (χ0v) is 10.0. The van der Waals surface area contributed by atoms with Crippen molar-refractivity contribution < 1.29 is 19.4 Å². The van der Waals surface area contributed by atoms with E-state index in [0.717, 1.165) is 0 Å². The highest BCUT2D eigenvalue weighted by Gasteiger charge is 2.31. The zero-order chi connectivity index (χ0) is 13.2. The number of carboxylic acids is 1. The summed E-state index contributed by atoms with van der Waals surface area (Å²) in [6, 6.07) is 0. The average molecular weight is 253 g/mol. The number of hydrogen-bond donors (Lipinski definition) is 3. The Morgan fingerprint density at radius 2 is 2.17 bits per heavy atom. The number of carboxylic acid groups (broad SMARTS) is 1. The first kappa shape index (κ1) is 12.6. The summed E-state index contributed by atoms with van der Waals surface area (Å²) in [4.78, 5) is 29.1. The monoisotopic (exact) mass is 253 g/mol. The number of hydrogen-bond acceptors (Lipinski definition) is 4. The van der Waals surface area contributed by atoms with Gasteiger partial charge >= 0.3 is 5.97 Å². The molecule has 3 N–H and O–H groups in total. The number of imidazole rings is 1. The van der Waals surface area contributed by atoms with Gasteiger partial charge in [0.2, 0.25) is 0 Å². The molecule has 1 aromatic heterocycles. The molecule has 0 saturated carbocycles. The molecule has 2 heterocycles. The number of nitrogens with zero attached hydrogens (tertiary/aromatic N) is 1. The van der Waals surface area contributed by atoms with Crippen molar-refractivity contribution in [1.29, 1.82) is 0 Å². The maximum absolute atomic E-state index is 12.0. The van der Waals surface area contributed by atoms with E-state index in [9.17, 15) is 9.59 Å². The predicted molar refractivity (Wildman–Crippen MR) is 61.5 cm³/mol. The minimum absolute atomic E-state index is 0.0878. The molecular formula is C11H15N3O4. The lowest BCUT2D eigenvalue weighted by atomic mass is 9.92. The Hall–Kier alpha value is -1.89. The van der Waals surface area contributed by atoms with Gasteiger partial charge in [-0.3, -0.25) is 4.79 Å². The standard InChI is InChI=1S/C11H15N3O4/c1-11(2-4-18-5-3-11)14-9(15)7-8(10(16)17)13-6-12-7/h6H,2-5H2,1H3,(H,12,13)(H,14,15)(H,16,17). The molecule has 1 fully saturated rings. The molecule has 18 heavy (non-hydrogen) atoms. The van der Waals surface area contributed by atoms with Crippen LogP contribution in [0.15, 0.2) is 6.33 Å². The van der Waals surface area contributed by atoms with E-state index < -0.39 is 11.9 Å². The van der Waals surface area contributed by atoms with Gasteiger partial charge in [-0.25, -0.2) is 9.78 Å². The Labute approximate surface area is 104 Å². The maximum atomic E-state index is 12.0. The Kier molecular flexibility index (Phi) is 3.33. The number of amides is 1. The highest BCUT2D eigenvalue weighted by atomic mass is 16.5. The lowest BCUT2D eigenvalue weighted by Crippen LogP contribution is -2.49. The molecule has 1 aliphatic rings. The Morgan fingerprint density at radius 1 is 1.50 bits per heavy atom. The molecular weight excluding hydrogens is 238 g/mol. The number of ether oxygens (including phenoxy) is 1. The van der Waals surface area contributed by atoms with Crippen LogP contribution < -0.4 is 5.32 Å². The zero-order valence-electron chi connectivity index (χ0n) is 10.0. The highest BCUT2D eigenvalue weighted by Crippen LogP contribution is 2.20. The van der Waals surface area contributed by atoms with Crippen LogP contribution in [0.2, 0.25) is 0 Å². The second-order valence-electron chi connectivity index (χ2n) is 4.56. The fraction of sp³-hybridized carbons (Fsp3) is 0.545. The molecule has 0 unspecified atom stereocenters. The van der Waals surface area contributed by atoms with Crippen molar-refractivity contribution in [2.24, 2.45) is 0 Å². The summed E-state index contributed by atoms with van der Waals surface area (Å²) in [6.45, 7) is 3.09. The molecule has 0 aromatic carbocycles. The number of aromatic nitrogens is 2. The third-order valence-electron chi connectivity index (χ3n) is 3.08. The first-order valence-corrected chi connectivity index (χ1v) is 5.69. The molecule has 0 radical (unpaired) electrons. The first-order chi connectivity index (χ1) is 8.52. The van der Waals surface area contributed by atoms with Crippen molar-refractivity contribution in [3.8, 4) is 0 Å². The predicted octanol–water partition coefficient (Wildman–Crippen LogP) is 0.407. The Morgan fingerprint density at radius 3 is 2.78 bits per heavy atom. The molecule has 7 heteroatoms. The van der Waals surface area contributed by atoms with Gasteiger partial charge in [0.05, 0.1) is 6.33 Å². The van der Waals surface area contributed by atoms with Crippen molar-refractivity contribution in [3.05, 3.63) is 17.7 Å². The number of aromatic amines is 1. The van der Waals surface area contributed by atoms with Gasteiger partial charge in [0.1, 0.15) is 0 Å². The number of nitrogens with one attached hydrogen (secondary N) is 2. The summed E-state index contributed by atoms with van der Waals surface area (Å²) in [5.41, 5.74) is -0.650. The molecule has 0 spiro atoms. The van der Waals surface area contributed by atoms with Gasteiger partial charge in [-0.05, 0) is 19.8 Å². The van der Waals surface area contributed by atoms with Crippen LogP contribution in [-0.2, 0) is 4.74 Å². The summed E-state index contributed by atoms with van der Waals surface area (Å²) in [5, 5.41) is 11.7. The van der Waals surface area contributed by atoms with E-state index in [4.69, 9.17) is 9.84 Å². The van der Waals surface area contributed by atoms with Crippen molar-refractivity contribution in [2.75, 3.05) is 13.2 Å². The molecule has 7 nitrogen and oxygen atoms in total. The van der Waals surface area contributed by atoms with Gasteiger partial charge in [0.15, 0.2) is 11.4 Å². The molecule has 0 bridgehead atoms. The molecule has 1 aromatic rings.